The molecule has 0 aliphatic rings. The zero-order chi connectivity index (χ0) is 18.4. The maximum atomic E-state index is 13.2. The van der Waals surface area contributed by atoms with Crippen molar-refractivity contribution in [1.82, 2.24) is 5.32 Å². The van der Waals surface area contributed by atoms with Crippen molar-refractivity contribution in [3.63, 3.8) is 0 Å². The summed E-state index contributed by atoms with van der Waals surface area (Å²) in [6.45, 7) is 0.217. The highest BCUT2D eigenvalue weighted by molar-refractivity contribution is 8.13. The predicted molar refractivity (Wildman–Crippen MR) is 105 cm³/mol. The van der Waals surface area contributed by atoms with E-state index in [-0.39, 0.29) is 26.6 Å². The highest BCUT2D eigenvalue weighted by atomic mass is 32.2. The van der Waals surface area contributed by atoms with E-state index in [9.17, 15) is 8.42 Å². The van der Waals surface area contributed by atoms with E-state index in [1.54, 1.807) is 48.5 Å². The first-order valence-corrected chi connectivity index (χ1v) is 10.1. The minimum Gasteiger partial charge on any atom is -0.379 e. The van der Waals surface area contributed by atoms with Gasteiger partial charge in [0.15, 0.2) is 10.3 Å². The lowest BCUT2D eigenvalue weighted by Gasteiger charge is -2.14. The third-order valence-electron chi connectivity index (χ3n) is 3.36. The van der Waals surface area contributed by atoms with Gasteiger partial charge in [-0.1, -0.05) is 48.2 Å². The summed E-state index contributed by atoms with van der Waals surface area (Å²) in [5, 5.41) is 10.1. The number of benzene rings is 2. The molecule has 132 valence electrons. The van der Waals surface area contributed by atoms with Gasteiger partial charge in [-0.15, -0.1) is 0 Å². The van der Waals surface area contributed by atoms with Crippen LogP contribution >= 0.6 is 24.0 Å². The van der Waals surface area contributed by atoms with Crippen LogP contribution in [0.3, 0.4) is 0 Å². The number of thiocarbonyl (C=S) groups is 1. The van der Waals surface area contributed by atoms with Crippen LogP contribution in [0.25, 0.3) is 0 Å². The molecule has 0 radical (unpaired) electrons. The van der Waals surface area contributed by atoms with Crippen molar-refractivity contribution >= 4 is 44.1 Å². The van der Waals surface area contributed by atoms with Gasteiger partial charge < -0.3 is 16.8 Å². The van der Waals surface area contributed by atoms with Crippen molar-refractivity contribution in [3.05, 3.63) is 59.7 Å². The summed E-state index contributed by atoms with van der Waals surface area (Å²) in [6, 6.07) is 13.4. The number of nitrogens with one attached hydrogen (secondary N) is 2. The molecule has 0 saturated heterocycles. The molecule has 2 rings (SSSR count). The molecule has 25 heavy (non-hydrogen) atoms. The second kappa shape index (κ2) is 8.32. The summed E-state index contributed by atoms with van der Waals surface area (Å²) >= 11 is 5.87. The zero-order valence-electron chi connectivity index (χ0n) is 13.2. The molecule has 2 aromatic rings. The number of nitrogens with two attached hydrogens (primary N) is 2. The molecule has 0 spiro atoms. The molecule has 0 fully saturated rings. The molecule has 0 heterocycles. The van der Waals surface area contributed by atoms with Gasteiger partial charge in [-0.2, -0.15) is 0 Å². The van der Waals surface area contributed by atoms with E-state index in [4.69, 9.17) is 29.1 Å². The van der Waals surface area contributed by atoms with Crippen molar-refractivity contribution < 1.29 is 8.42 Å². The fraction of sp³-hybridized carbons (Fsp3) is 0.125. The highest BCUT2D eigenvalue weighted by Crippen LogP contribution is 2.28. The number of hydrogen-bond donors (Lipinski definition) is 4. The van der Waals surface area contributed by atoms with Crippen molar-refractivity contribution in [2.75, 3.05) is 0 Å². The maximum absolute atomic E-state index is 13.2. The van der Waals surface area contributed by atoms with Gasteiger partial charge >= 0.3 is 0 Å². The summed E-state index contributed by atoms with van der Waals surface area (Å²) in [5.74, 6) is 0.304. The first-order chi connectivity index (χ1) is 11.8. The van der Waals surface area contributed by atoms with Crippen LogP contribution in [0.4, 0.5) is 0 Å². The summed E-state index contributed by atoms with van der Waals surface area (Å²) < 4.78 is 26.4. The lowest BCUT2D eigenvalue weighted by molar-refractivity contribution is 0.594. The smallest absolute Gasteiger partial charge is 0.207 e. The van der Waals surface area contributed by atoms with Crippen LogP contribution in [0, 0.1) is 5.41 Å². The number of sulfone groups is 1. The molecule has 0 bridgehead atoms. The molecule has 0 aromatic heterocycles. The lowest BCUT2D eigenvalue weighted by Crippen LogP contribution is -2.29. The first kappa shape index (κ1) is 19.2. The number of hydrogen-bond acceptors (Lipinski definition) is 5. The number of thioether (sulfide) groups is 1. The van der Waals surface area contributed by atoms with E-state index in [1.807, 2.05) is 0 Å². The molecule has 0 aliphatic heterocycles. The minimum absolute atomic E-state index is 0.0618. The van der Waals surface area contributed by atoms with Gasteiger partial charge in [0.1, 0.15) is 0 Å². The monoisotopic (exact) mass is 394 g/mol. The second-order valence-corrected chi connectivity index (χ2v) is 8.43. The van der Waals surface area contributed by atoms with Crippen molar-refractivity contribution in [2.45, 2.75) is 22.1 Å². The molecule has 0 aliphatic carbocycles. The molecule has 2 aromatic carbocycles. The molecule has 0 amide bonds. The molecule has 0 unspecified atom stereocenters. The fourth-order valence-electron chi connectivity index (χ4n) is 2.25. The van der Waals surface area contributed by atoms with E-state index < -0.39 is 9.84 Å². The minimum atomic E-state index is -3.74. The van der Waals surface area contributed by atoms with Crippen LogP contribution < -0.4 is 16.8 Å². The van der Waals surface area contributed by atoms with E-state index in [0.717, 1.165) is 11.8 Å². The summed E-state index contributed by atoms with van der Waals surface area (Å²) in [7, 11) is -3.74. The van der Waals surface area contributed by atoms with Crippen molar-refractivity contribution in [2.24, 2.45) is 11.5 Å². The van der Waals surface area contributed by atoms with Gasteiger partial charge in [0.2, 0.25) is 9.84 Å². The van der Waals surface area contributed by atoms with Crippen LogP contribution in [0.5, 0.6) is 0 Å². The van der Waals surface area contributed by atoms with E-state index in [2.05, 4.69) is 5.32 Å². The molecular weight excluding hydrogens is 376 g/mol. The van der Waals surface area contributed by atoms with Crippen molar-refractivity contribution in [1.29, 1.82) is 5.41 Å². The largest absolute Gasteiger partial charge is 0.379 e. The molecule has 0 saturated carbocycles. The Balaban J connectivity index is 2.46. The van der Waals surface area contributed by atoms with Gasteiger partial charge in [0.25, 0.3) is 0 Å². The Bertz CT molecular complexity index is 830. The standard InChI is InChI=1S/C16H18N4O2S3/c17-15(18)24-10-12-6-2-4-8-14(12)25(21,22)13-7-3-1-5-11(13)9-20-16(19)23/h1-8H,9-10H2,(H3,17,18)(H3,19,20,23). The van der Waals surface area contributed by atoms with E-state index in [0.29, 0.717) is 16.9 Å². The van der Waals surface area contributed by atoms with Gasteiger partial charge in [-0.05, 0) is 35.5 Å². The summed E-state index contributed by atoms with van der Waals surface area (Å²) in [4.78, 5) is 0.394. The third-order valence-corrected chi connectivity index (χ3v) is 6.23. The van der Waals surface area contributed by atoms with Crippen LogP contribution in [0.1, 0.15) is 11.1 Å². The second-order valence-electron chi connectivity index (χ2n) is 5.09. The van der Waals surface area contributed by atoms with E-state index >= 15 is 0 Å². The van der Waals surface area contributed by atoms with Crippen molar-refractivity contribution in [3.8, 4) is 0 Å². The highest BCUT2D eigenvalue weighted by Gasteiger charge is 2.23. The molecule has 6 nitrogen and oxygen atoms in total. The Morgan fingerprint density at radius 1 is 1.04 bits per heavy atom. The Hall–Kier alpha value is -2.10. The zero-order valence-corrected chi connectivity index (χ0v) is 15.7. The normalized spacial score (nSPS) is 11.0. The summed E-state index contributed by atoms with van der Waals surface area (Å²) in [5.41, 5.74) is 12.0. The van der Waals surface area contributed by atoms with Crippen LogP contribution in [-0.4, -0.2) is 18.7 Å². The van der Waals surface area contributed by atoms with Gasteiger partial charge in [0, 0.05) is 12.3 Å². The number of rotatable bonds is 6. The Morgan fingerprint density at radius 2 is 1.56 bits per heavy atom. The Kier molecular flexibility index (Phi) is 6.40. The molecular formula is C16H18N4O2S3. The fourth-order valence-corrected chi connectivity index (χ4v) is 4.70. The van der Waals surface area contributed by atoms with Crippen LogP contribution in [0.15, 0.2) is 58.3 Å². The first-order valence-electron chi connectivity index (χ1n) is 7.23. The van der Waals surface area contributed by atoms with E-state index in [1.165, 1.54) is 0 Å². The SMILES string of the molecule is N=C(N)SCc1ccccc1S(=O)(=O)c1ccccc1CNC(N)=S. The lowest BCUT2D eigenvalue weighted by atomic mass is 10.2. The maximum Gasteiger partial charge on any atom is 0.207 e. The molecule has 6 N–H and O–H groups in total. The third kappa shape index (κ3) is 4.94. The topological polar surface area (TPSA) is 122 Å². The van der Waals surface area contributed by atoms with Crippen LogP contribution in [0.2, 0.25) is 0 Å². The number of amidine groups is 1. The molecule has 0 atom stereocenters. The Morgan fingerprint density at radius 3 is 2.12 bits per heavy atom. The van der Waals surface area contributed by atoms with Gasteiger partial charge in [0.05, 0.1) is 9.79 Å². The Labute approximate surface area is 156 Å². The van der Waals surface area contributed by atoms with Gasteiger partial charge in [-0.25, -0.2) is 8.42 Å². The average Bonchev–Trinajstić information content (AvgIpc) is 2.58. The summed E-state index contributed by atoms with van der Waals surface area (Å²) in [6.07, 6.45) is 0. The average molecular weight is 395 g/mol. The molecule has 9 heteroatoms. The van der Waals surface area contributed by atoms with Gasteiger partial charge in [-0.3, -0.25) is 5.41 Å². The quantitative estimate of drug-likeness (QED) is 0.336. The van der Waals surface area contributed by atoms with Crippen LogP contribution in [-0.2, 0) is 22.1 Å². The predicted octanol–water partition coefficient (Wildman–Crippen LogP) is 1.98.